The van der Waals surface area contributed by atoms with E-state index in [9.17, 15) is 4.79 Å². The molecule has 116 valence electrons. The van der Waals surface area contributed by atoms with Crippen LogP contribution in [0.5, 0.6) is 5.75 Å². The molecule has 1 aromatic heterocycles. The van der Waals surface area contributed by atoms with Crippen molar-refractivity contribution < 1.29 is 9.53 Å². The highest BCUT2D eigenvalue weighted by Crippen LogP contribution is 2.20. The van der Waals surface area contributed by atoms with Crippen molar-refractivity contribution in [1.29, 1.82) is 0 Å². The number of aryl methyl sites for hydroxylation is 1. The third-order valence-electron chi connectivity index (χ3n) is 3.89. The largest absolute Gasteiger partial charge is 0.481 e. The average molecular weight is 320 g/mol. The second-order valence-corrected chi connectivity index (χ2v) is 5.91. The van der Waals surface area contributed by atoms with E-state index in [4.69, 9.17) is 16.3 Å². The van der Waals surface area contributed by atoms with E-state index < -0.39 is 6.10 Å². The molecule has 0 saturated carbocycles. The summed E-state index contributed by atoms with van der Waals surface area (Å²) in [5, 5.41) is 0.645. The van der Waals surface area contributed by atoms with Crippen molar-refractivity contribution in [1.82, 2.24) is 14.5 Å². The normalized spacial score (nSPS) is 15.3. The Hall–Kier alpha value is -2.01. The number of carbonyl (C=O) groups excluding carboxylic acids is 1. The Morgan fingerprint density at radius 3 is 2.82 bits per heavy atom. The van der Waals surface area contributed by atoms with Gasteiger partial charge in [0.15, 0.2) is 6.10 Å². The van der Waals surface area contributed by atoms with Crippen molar-refractivity contribution in [3.05, 3.63) is 47.0 Å². The van der Waals surface area contributed by atoms with Gasteiger partial charge in [-0.05, 0) is 31.2 Å². The van der Waals surface area contributed by atoms with Crippen molar-refractivity contribution in [2.24, 2.45) is 7.05 Å². The fraction of sp³-hybridized carbons (Fsp3) is 0.375. The van der Waals surface area contributed by atoms with Crippen LogP contribution in [-0.4, -0.2) is 33.0 Å². The number of rotatable bonds is 3. The summed E-state index contributed by atoms with van der Waals surface area (Å²) in [5.41, 5.74) is 2.18. The highest BCUT2D eigenvalue weighted by molar-refractivity contribution is 6.30. The van der Waals surface area contributed by atoms with Gasteiger partial charge in [0.05, 0.1) is 24.3 Å². The Labute approximate surface area is 134 Å². The van der Waals surface area contributed by atoms with Gasteiger partial charge in [0.2, 0.25) is 0 Å². The van der Waals surface area contributed by atoms with Gasteiger partial charge in [0.1, 0.15) is 5.75 Å². The van der Waals surface area contributed by atoms with E-state index in [0.717, 1.165) is 17.8 Å². The van der Waals surface area contributed by atoms with Crippen molar-refractivity contribution in [3.63, 3.8) is 0 Å². The number of halogens is 1. The Balaban J connectivity index is 1.66. The van der Waals surface area contributed by atoms with Crippen LogP contribution in [0.3, 0.4) is 0 Å². The Bertz CT molecular complexity index is 681. The van der Waals surface area contributed by atoms with E-state index in [-0.39, 0.29) is 5.91 Å². The zero-order chi connectivity index (χ0) is 15.7. The first-order valence-electron chi connectivity index (χ1n) is 7.24. The molecule has 1 aliphatic rings. The van der Waals surface area contributed by atoms with Gasteiger partial charge in [0.25, 0.3) is 5.91 Å². The molecular weight excluding hydrogens is 302 g/mol. The monoisotopic (exact) mass is 319 g/mol. The fourth-order valence-corrected chi connectivity index (χ4v) is 2.76. The molecule has 1 aromatic carbocycles. The van der Waals surface area contributed by atoms with Gasteiger partial charge in [-0.1, -0.05) is 11.6 Å². The van der Waals surface area contributed by atoms with E-state index in [1.165, 1.54) is 0 Å². The lowest BCUT2D eigenvalue weighted by molar-refractivity contribution is -0.139. The molecule has 5 nitrogen and oxygen atoms in total. The molecule has 1 amide bonds. The van der Waals surface area contributed by atoms with Gasteiger partial charge < -0.3 is 14.2 Å². The topological polar surface area (TPSA) is 47.4 Å². The van der Waals surface area contributed by atoms with Crippen LogP contribution in [0.25, 0.3) is 0 Å². The van der Waals surface area contributed by atoms with E-state index in [2.05, 4.69) is 4.98 Å². The minimum atomic E-state index is -0.532. The summed E-state index contributed by atoms with van der Waals surface area (Å²) in [7, 11) is 1.95. The number of nitrogens with zero attached hydrogens (tertiary/aromatic N) is 3. The zero-order valence-corrected chi connectivity index (χ0v) is 13.4. The van der Waals surface area contributed by atoms with E-state index in [1.807, 2.05) is 16.5 Å². The fourth-order valence-electron chi connectivity index (χ4n) is 2.63. The van der Waals surface area contributed by atoms with E-state index >= 15 is 0 Å². The average Bonchev–Trinajstić information content (AvgIpc) is 2.89. The summed E-state index contributed by atoms with van der Waals surface area (Å²) < 4.78 is 7.68. The number of imidazole rings is 1. The summed E-state index contributed by atoms with van der Waals surface area (Å²) in [6.07, 6.45) is 2.05. The summed E-state index contributed by atoms with van der Waals surface area (Å²) in [6, 6.07) is 7.02. The maximum absolute atomic E-state index is 12.6. The van der Waals surface area contributed by atoms with Crippen LogP contribution in [0.4, 0.5) is 0 Å². The first-order chi connectivity index (χ1) is 10.5. The zero-order valence-electron chi connectivity index (χ0n) is 12.6. The molecule has 0 fully saturated rings. The van der Waals surface area contributed by atoms with Crippen LogP contribution in [0.2, 0.25) is 5.02 Å². The van der Waals surface area contributed by atoms with Crippen molar-refractivity contribution in [2.45, 2.75) is 26.0 Å². The lowest BCUT2D eigenvalue weighted by Gasteiger charge is -2.29. The maximum Gasteiger partial charge on any atom is 0.263 e. The third-order valence-corrected chi connectivity index (χ3v) is 4.14. The molecule has 0 saturated heterocycles. The summed E-state index contributed by atoms with van der Waals surface area (Å²) >= 11 is 5.85. The van der Waals surface area contributed by atoms with Crippen LogP contribution < -0.4 is 4.74 Å². The third kappa shape index (κ3) is 2.95. The molecule has 2 aromatic rings. The molecule has 2 heterocycles. The van der Waals surface area contributed by atoms with Crippen molar-refractivity contribution >= 4 is 17.5 Å². The predicted molar refractivity (Wildman–Crippen MR) is 83.9 cm³/mol. The molecule has 1 unspecified atom stereocenters. The Morgan fingerprint density at radius 2 is 2.09 bits per heavy atom. The molecule has 1 aliphatic heterocycles. The van der Waals surface area contributed by atoms with Gasteiger partial charge >= 0.3 is 0 Å². The van der Waals surface area contributed by atoms with Crippen LogP contribution >= 0.6 is 11.6 Å². The van der Waals surface area contributed by atoms with E-state index in [1.54, 1.807) is 37.5 Å². The Morgan fingerprint density at radius 1 is 1.36 bits per heavy atom. The number of hydrogen-bond acceptors (Lipinski definition) is 3. The second-order valence-electron chi connectivity index (χ2n) is 5.47. The number of fused-ring (bicyclic) bond motifs is 1. The number of benzene rings is 1. The molecular formula is C16H18ClN3O2. The number of ether oxygens (including phenoxy) is 1. The van der Waals surface area contributed by atoms with Gasteiger partial charge in [-0.3, -0.25) is 4.79 Å². The number of aromatic nitrogens is 2. The van der Waals surface area contributed by atoms with Gasteiger partial charge in [-0.15, -0.1) is 0 Å². The van der Waals surface area contributed by atoms with Crippen molar-refractivity contribution in [3.8, 4) is 5.75 Å². The second kappa shape index (κ2) is 6.01. The lowest BCUT2D eigenvalue weighted by Crippen LogP contribution is -2.43. The minimum absolute atomic E-state index is 0.0122. The maximum atomic E-state index is 12.6. The van der Waals surface area contributed by atoms with Gasteiger partial charge in [0, 0.05) is 25.0 Å². The molecule has 1 atom stereocenters. The van der Waals surface area contributed by atoms with Gasteiger partial charge in [-0.2, -0.15) is 0 Å². The number of carbonyl (C=O) groups is 1. The quantitative estimate of drug-likeness (QED) is 0.873. The van der Waals surface area contributed by atoms with Crippen LogP contribution in [0.15, 0.2) is 30.6 Å². The SMILES string of the molecule is CC(Oc1ccc(Cl)cc1)C(=O)N1CCc2ncn(C)c2C1. The lowest BCUT2D eigenvalue weighted by atomic mass is 10.1. The van der Waals surface area contributed by atoms with Crippen molar-refractivity contribution in [2.75, 3.05) is 6.54 Å². The first kappa shape index (κ1) is 14.9. The van der Waals surface area contributed by atoms with Gasteiger partial charge in [-0.25, -0.2) is 4.98 Å². The first-order valence-corrected chi connectivity index (χ1v) is 7.62. The molecule has 0 N–H and O–H groups in total. The standard InChI is InChI=1S/C16H18ClN3O2/c1-11(22-13-5-3-12(17)4-6-13)16(21)20-8-7-14-15(9-20)19(2)10-18-14/h3-6,10-11H,7-9H2,1-2H3. The summed E-state index contributed by atoms with van der Waals surface area (Å²) in [6.45, 7) is 3.03. The molecule has 0 bridgehead atoms. The van der Waals surface area contributed by atoms with Crippen LogP contribution in [-0.2, 0) is 24.8 Å². The highest BCUT2D eigenvalue weighted by Gasteiger charge is 2.27. The molecule has 0 radical (unpaired) electrons. The molecule has 0 aliphatic carbocycles. The Kier molecular flexibility index (Phi) is 4.07. The molecule has 22 heavy (non-hydrogen) atoms. The highest BCUT2D eigenvalue weighted by atomic mass is 35.5. The molecule has 0 spiro atoms. The van der Waals surface area contributed by atoms with Crippen LogP contribution in [0, 0.1) is 0 Å². The smallest absolute Gasteiger partial charge is 0.263 e. The summed E-state index contributed by atoms with van der Waals surface area (Å²) in [4.78, 5) is 18.7. The predicted octanol–water partition coefficient (Wildman–Crippen LogP) is 2.43. The van der Waals surface area contributed by atoms with E-state index in [0.29, 0.717) is 23.9 Å². The van der Waals surface area contributed by atoms with Crippen LogP contribution in [0.1, 0.15) is 18.3 Å². The minimum Gasteiger partial charge on any atom is -0.481 e. The molecule has 6 heteroatoms. The number of amides is 1. The summed E-state index contributed by atoms with van der Waals surface area (Å²) in [5.74, 6) is 0.630. The number of hydrogen-bond donors (Lipinski definition) is 0. The molecule has 3 rings (SSSR count).